The Morgan fingerprint density at radius 2 is 2.00 bits per heavy atom. The summed E-state index contributed by atoms with van der Waals surface area (Å²) in [5.41, 5.74) is 9.35. The summed E-state index contributed by atoms with van der Waals surface area (Å²) in [7, 11) is 0. The fraction of sp³-hybridized carbons (Fsp3) is 0.435. The third kappa shape index (κ3) is 4.97. The van der Waals surface area contributed by atoms with Crippen molar-refractivity contribution in [3.8, 4) is 5.75 Å². The Balaban J connectivity index is 1.63. The minimum absolute atomic E-state index is 0.154. The average Bonchev–Trinajstić information content (AvgIpc) is 2.70. The molecule has 1 amide bonds. The molecular weight excluding hydrogens is 350 g/mol. The van der Waals surface area contributed by atoms with Gasteiger partial charge in [0.25, 0.3) is 5.91 Å². The summed E-state index contributed by atoms with van der Waals surface area (Å²) >= 11 is 0. The second kappa shape index (κ2) is 9.49. The van der Waals surface area contributed by atoms with Gasteiger partial charge in [-0.1, -0.05) is 13.3 Å². The van der Waals surface area contributed by atoms with Crippen molar-refractivity contribution in [2.45, 2.75) is 52.0 Å². The molecule has 5 nitrogen and oxygen atoms in total. The van der Waals surface area contributed by atoms with Crippen molar-refractivity contribution in [2.24, 2.45) is 0 Å². The van der Waals surface area contributed by atoms with Gasteiger partial charge in [0.2, 0.25) is 0 Å². The number of piperidine rings is 1. The van der Waals surface area contributed by atoms with E-state index in [9.17, 15) is 4.79 Å². The van der Waals surface area contributed by atoms with Crippen molar-refractivity contribution in [3.63, 3.8) is 0 Å². The van der Waals surface area contributed by atoms with E-state index in [2.05, 4.69) is 24.1 Å². The lowest BCUT2D eigenvalue weighted by molar-refractivity contribution is 0.102. The van der Waals surface area contributed by atoms with Crippen molar-refractivity contribution in [3.05, 3.63) is 48.0 Å². The highest BCUT2D eigenvalue weighted by Gasteiger charge is 2.20. The quantitative estimate of drug-likeness (QED) is 0.518. The first kappa shape index (κ1) is 20.1. The summed E-state index contributed by atoms with van der Waals surface area (Å²) in [6.07, 6.45) is 5.78. The Bertz CT molecular complexity index is 789. The van der Waals surface area contributed by atoms with Crippen LogP contribution in [0.25, 0.3) is 0 Å². The van der Waals surface area contributed by atoms with Crippen LogP contribution in [0.2, 0.25) is 0 Å². The molecule has 1 aliphatic rings. The number of carbonyl (C=O) groups is 1. The lowest BCUT2D eigenvalue weighted by Gasteiger charge is -2.36. The number of nitrogens with one attached hydrogen (secondary N) is 1. The maximum Gasteiger partial charge on any atom is 0.255 e. The Labute approximate surface area is 167 Å². The van der Waals surface area contributed by atoms with Crippen LogP contribution in [0.1, 0.15) is 56.3 Å². The van der Waals surface area contributed by atoms with Gasteiger partial charge in [0, 0.05) is 23.8 Å². The van der Waals surface area contributed by atoms with Crippen molar-refractivity contribution < 1.29 is 9.53 Å². The molecule has 0 aromatic heterocycles. The van der Waals surface area contributed by atoms with E-state index in [0.29, 0.717) is 29.6 Å². The first-order chi connectivity index (χ1) is 13.6. The van der Waals surface area contributed by atoms with E-state index in [-0.39, 0.29) is 5.91 Å². The van der Waals surface area contributed by atoms with Gasteiger partial charge in [-0.3, -0.25) is 4.79 Å². The van der Waals surface area contributed by atoms with Gasteiger partial charge in [-0.25, -0.2) is 0 Å². The molecule has 2 aromatic carbocycles. The zero-order valence-corrected chi connectivity index (χ0v) is 16.9. The summed E-state index contributed by atoms with van der Waals surface area (Å²) in [4.78, 5) is 14.9. The van der Waals surface area contributed by atoms with Crippen molar-refractivity contribution in [1.82, 2.24) is 0 Å². The number of unbranched alkanes of at least 4 members (excludes halogenated alkanes) is 1. The minimum Gasteiger partial charge on any atom is -0.494 e. The molecule has 3 N–H and O–H groups in total. The Morgan fingerprint density at radius 1 is 1.21 bits per heavy atom. The van der Waals surface area contributed by atoms with Gasteiger partial charge in [-0.2, -0.15) is 0 Å². The summed E-state index contributed by atoms with van der Waals surface area (Å²) in [5, 5.41) is 2.93. The van der Waals surface area contributed by atoms with Crippen LogP contribution in [0.15, 0.2) is 42.5 Å². The average molecular weight is 382 g/mol. The first-order valence-electron chi connectivity index (χ1n) is 10.3. The molecule has 1 saturated heterocycles. The second-order valence-corrected chi connectivity index (χ2v) is 7.49. The molecule has 0 bridgehead atoms. The van der Waals surface area contributed by atoms with Crippen LogP contribution in [0.4, 0.5) is 17.1 Å². The fourth-order valence-corrected chi connectivity index (χ4v) is 3.59. The van der Waals surface area contributed by atoms with Crippen molar-refractivity contribution >= 4 is 23.0 Å². The van der Waals surface area contributed by atoms with Gasteiger partial charge in [0.05, 0.1) is 18.0 Å². The summed E-state index contributed by atoms with van der Waals surface area (Å²) in [6.45, 7) is 6.10. The zero-order chi connectivity index (χ0) is 19.9. The molecule has 2 aromatic rings. The highest BCUT2D eigenvalue weighted by molar-refractivity contribution is 6.04. The topological polar surface area (TPSA) is 67.6 Å². The number of anilines is 3. The van der Waals surface area contributed by atoms with Crippen molar-refractivity contribution in [1.29, 1.82) is 0 Å². The van der Waals surface area contributed by atoms with Crippen LogP contribution in [0.5, 0.6) is 5.75 Å². The third-order valence-corrected chi connectivity index (χ3v) is 5.28. The van der Waals surface area contributed by atoms with E-state index in [1.54, 1.807) is 12.1 Å². The molecule has 1 heterocycles. The smallest absolute Gasteiger partial charge is 0.255 e. The normalized spacial score (nSPS) is 16.6. The molecule has 0 aliphatic carbocycles. The van der Waals surface area contributed by atoms with Gasteiger partial charge >= 0.3 is 0 Å². The molecule has 5 heteroatoms. The lowest BCUT2D eigenvalue weighted by atomic mass is 10.0. The van der Waals surface area contributed by atoms with Crippen LogP contribution in [0.3, 0.4) is 0 Å². The number of benzene rings is 2. The molecule has 28 heavy (non-hydrogen) atoms. The van der Waals surface area contributed by atoms with Crippen LogP contribution < -0.4 is 20.7 Å². The van der Waals surface area contributed by atoms with E-state index in [4.69, 9.17) is 10.5 Å². The van der Waals surface area contributed by atoms with Crippen molar-refractivity contribution in [2.75, 3.05) is 29.1 Å². The lowest BCUT2D eigenvalue weighted by Crippen LogP contribution is -2.37. The van der Waals surface area contributed by atoms with Gasteiger partial charge in [0.15, 0.2) is 0 Å². The van der Waals surface area contributed by atoms with E-state index < -0.39 is 0 Å². The summed E-state index contributed by atoms with van der Waals surface area (Å²) in [6, 6.07) is 13.5. The van der Waals surface area contributed by atoms with E-state index in [1.165, 1.54) is 19.3 Å². The number of carbonyl (C=O) groups excluding carboxylic acids is 1. The number of nitrogens with zero attached hydrogens (tertiary/aromatic N) is 1. The Morgan fingerprint density at radius 3 is 2.68 bits per heavy atom. The Hall–Kier alpha value is -2.69. The Kier molecular flexibility index (Phi) is 6.80. The standard InChI is InChI=1S/C23H31N3O2/c1-3-4-15-28-20-11-8-18(9-12-20)23(27)25-19-10-13-22(21(24)16-19)26-14-6-5-7-17(26)2/h8-13,16-17H,3-7,14-15,24H2,1-2H3,(H,25,27)/t17-/m1/s1. The molecule has 0 spiro atoms. The molecule has 1 atom stereocenters. The highest BCUT2D eigenvalue weighted by Crippen LogP contribution is 2.31. The van der Waals surface area contributed by atoms with Crippen LogP contribution in [0, 0.1) is 0 Å². The molecule has 1 aliphatic heterocycles. The number of rotatable bonds is 7. The molecule has 0 radical (unpaired) electrons. The number of hydrogen-bond acceptors (Lipinski definition) is 4. The molecule has 0 saturated carbocycles. The maximum absolute atomic E-state index is 12.5. The molecular formula is C23H31N3O2. The van der Waals surface area contributed by atoms with E-state index in [0.717, 1.165) is 30.8 Å². The number of hydrogen-bond donors (Lipinski definition) is 2. The number of amides is 1. The molecule has 0 unspecified atom stereocenters. The highest BCUT2D eigenvalue weighted by atomic mass is 16.5. The SMILES string of the molecule is CCCCOc1ccc(C(=O)Nc2ccc(N3CCCC[C@H]3C)c(N)c2)cc1. The largest absolute Gasteiger partial charge is 0.494 e. The predicted octanol–water partition coefficient (Wildman–Crippen LogP) is 5.08. The summed E-state index contributed by atoms with van der Waals surface area (Å²) in [5.74, 6) is 0.632. The van der Waals surface area contributed by atoms with Crippen LogP contribution in [-0.2, 0) is 0 Å². The number of ether oxygens (including phenoxy) is 1. The maximum atomic E-state index is 12.5. The zero-order valence-electron chi connectivity index (χ0n) is 16.9. The third-order valence-electron chi connectivity index (χ3n) is 5.28. The van der Waals surface area contributed by atoms with Gasteiger partial charge < -0.3 is 20.7 Å². The van der Waals surface area contributed by atoms with E-state index >= 15 is 0 Å². The minimum atomic E-state index is -0.154. The molecule has 3 rings (SSSR count). The van der Waals surface area contributed by atoms with Gasteiger partial charge in [0.1, 0.15) is 5.75 Å². The summed E-state index contributed by atoms with van der Waals surface area (Å²) < 4.78 is 5.64. The number of nitrogen functional groups attached to an aromatic ring is 1. The van der Waals surface area contributed by atoms with Crippen LogP contribution in [-0.4, -0.2) is 25.1 Å². The van der Waals surface area contributed by atoms with Crippen LogP contribution >= 0.6 is 0 Å². The molecule has 150 valence electrons. The van der Waals surface area contributed by atoms with E-state index in [1.807, 2.05) is 30.3 Å². The second-order valence-electron chi connectivity index (χ2n) is 7.49. The molecule has 1 fully saturated rings. The van der Waals surface area contributed by atoms with Gasteiger partial charge in [-0.15, -0.1) is 0 Å². The predicted molar refractivity (Wildman–Crippen MR) is 116 cm³/mol. The number of nitrogens with two attached hydrogens (primary N) is 1. The first-order valence-corrected chi connectivity index (χ1v) is 10.3. The van der Waals surface area contributed by atoms with Gasteiger partial charge in [-0.05, 0) is 75.1 Å². The fourth-order valence-electron chi connectivity index (χ4n) is 3.59. The monoisotopic (exact) mass is 381 g/mol.